The molecule has 1 amide bonds. The lowest BCUT2D eigenvalue weighted by Crippen LogP contribution is -2.33. The maximum Gasteiger partial charge on any atom is 0.261 e. The van der Waals surface area contributed by atoms with Crippen LogP contribution in [0.5, 0.6) is 5.75 Å². The summed E-state index contributed by atoms with van der Waals surface area (Å²) in [5.41, 5.74) is 0.190. The SMILES string of the molecule is CCCCCCCCCCCCCCCCCCN(CCCCCCCCCCCCCCCCCC)C(=O)c1cc(NS(=O)(=O)c2ccc(S(=O)(=O)CCC#N)cc2)c2ccccc2c1O. The number of carbonyl (C=O) groups excluding carboxylic acids is 1. The van der Waals surface area contributed by atoms with Crippen LogP contribution in [0.25, 0.3) is 10.8 Å². The summed E-state index contributed by atoms with van der Waals surface area (Å²) in [6, 6.07) is 15.0. The van der Waals surface area contributed by atoms with Gasteiger partial charge in [-0.2, -0.15) is 5.26 Å². The maximum atomic E-state index is 14.5. The van der Waals surface area contributed by atoms with E-state index in [2.05, 4.69) is 18.6 Å². The normalized spacial score (nSPS) is 11.8. The van der Waals surface area contributed by atoms with Gasteiger partial charge in [0.05, 0.1) is 32.9 Å². The van der Waals surface area contributed by atoms with Gasteiger partial charge < -0.3 is 10.0 Å². The number of amides is 1. The minimum absolute atomic E-state index is 0.0447. The number of hydrogen-bond donors (Lipinski definition) is 2. The van der Waals surface area contributed by atoms with E-state index in [1.807, 2.05) is 11.0 Å². The fraction of sp³-hybridized carbons (Fsp3) is 0.679. The third-order valence-corrected chi connectivity index (χ3v) is 16.4. The fourth-order valence-electron chi connectivity index (χ4n) is 9.12. The molecule has 0 aliphatic rings. The zero-order chi connectivity index (χ0) is 48.4. The van der Waals surface area contributed by atoms with E-state index in [0.717, 1.165) is 38.5 Å². The van der Waals surface area contributed by atoms with Gasteiger partial charge in [0.1, 0.15) is 5.75 Å². The first-order valence-electron chi connectivity index (χ1n) is 26.8. The van der Waals surface area contributed by atoms with E-state index in [1.165, 1.54) is 197 Å². The number of nitrogens with one attached hydrogen (secondary N) is 1. The predicted molar refractivity (Wildman–Crippen MR) is 280 cm³/mol. The van der Waals surface area contributed by atoms with E-state index < -0.39 is 19.9 Å². The largest absolute Gasteiger partial charge is 0.506 e. The van der Waals surface area contributed by atoms with E-state index in [-0.39, 0.29) is 44.9 Å². The van der Waals surface area contributed by atoms with Gasteiger partial charge in [-0.3, -0.25) is 9.52 Å². The number of aromatic hydroxyl groups is 1. The van der Waals surface area contributed by atoms with Crippen molar-refractivity contribution in [2.75, 3.05) is 23.6 Å². The average molecular weight is 964 g/mol. The number of phenolic OH excluding ortho intramolecular Hbond substituents is 1. The molecule has 3 aromatic carbocycles. The number of sulfone groups is 1. The van der Waals surface area contributed by atoms with E-state index in [4.69, 9.17) is 5.26 Å². The number of fused-ring (bicyclic) bond motifs is 1. The zero-order valence-corrected chi connectivity index (χ0v) is 43.5. The summed E-state index contributed by atoms with van der Waals surface area (Å²) >= 11 is 0. The molecular weight excluding hydrogens is 875 g/mol. The molecule has 11 heteroatoms. The van der Waals surface area contributed by atoms with E-state index in [1.54, 1.807) is 24.3 Å². The standard InChI is InChI=1S/C56H89N3O6S2/c1-3-5-7-9-11-13-15-17-19-21-23-25-27-29-31-35-45-59(46-36-32-30-28-26-24-22-20-18-16-14-12-10-8-6-4-2)56(61)53-48-54(51-38-33-34-39-52(51)55(53)60)58-67(64,65)50-42-40-49(41-43-50)66(62,63)47-37-44-57/h33-34,38-43,48,58,60H,3-32,35-37,45-47H2,1-2H3. The molecule has 0 spiro atoms. The van der Waals surface area contributed by atoms with Crippen LogP contribution in [0.2, 0.25) is 0 Å². The van der Waals surface area contributed by atoms with Crippen molar-refractivity contribution < 1.29 is 26.7 Å². The number of anilines is 1. The summed E-state index contributed by atoms with van der Waals surface area (Å²) in [7, 11) is -7.99. The van der Waals surface area contributed by atoms with Crippen LogP contribution in [-0.2, 0) is 19.9 Å². The third-order valence-electron chi connectivity index (χ3n) is 13.3. The van der Waals surface area contributed by atoms with Crippen LogP contribution in [0.4, 0.5) is 5.69 Å². The highest BCUT2D eigenvalue weighted by molar-refractivity contribution is 7.93. The molecule has 376 valence electrons. The highest BCUT2D eigenvalue weighted by atomic mass is 32.2. The molecule has 0 heterocycles. The molecule has 67 heavy (non-hydrogen) atoms. The predicted octanol–water partition coefficient (Wildman–Crippen LogP) is 16.0. The number of rotatable bonds is 41. The molecule has 9 nitrogen and oxygen atoms in total. The molecule has 3 aromatic rings. The van der Waals surface area contributed by atoms with Gasteiger partial charge in [0.15, 0.2) is 9.84 Å². The smallest absolute Gasteiger partial charge is 0.261 e. The van der Waals surface area contributed by atoms with Crippen LogP contribution >= 0.6 is 0 Å². The number of nitrogens with zero attached hydrogens (tertiary/aromatic N) is 2. The molecule has 0 unspecified atom stereocenters. The Morgan fingerprint density at radius 3 is 1.28 bits per heavy atom. The van der Waals surface area contributed by atoms with Crippen molar-refractivity contribution in [2.45, 2.75) is 236 Å². The van der Waals surface area contributed by atoms with Gasteiger partial charge in [0.2, 0.25) is 0 Å². The number of hydrogen-bond acceptors (Lipinski definition) is 7. The monoisotopic (exact) mass is 964 g/mol. The molecule has 0 aliphatic heterocycles. The van der Waals surface area contributed by atoms with Crippen LogP contribution in [0.3, 0.4) is 0 Å². The topological polar surface area (TPSA) is 145 Å². The lowest BCUT2D eigenvalue weighted by molar-refractivity contribution is 0.0746. The van der Waals surface area contributed by atoms with Gasteiger partial charge in [0, 0.05) is 30.3 Å². The first kappa shape index (κ1) is 57.7. The molecule has 0 aliphatic carbocycles. The quantitative estimate of drug-likeness (QED) is 0.0425. The lowest BCUT2D eigenvalue weighted by Gasteiger charge is -2.24. The Bertz CT molecular complexity index is 2030. The Morgan fingerprint density at radius 1 is 0.537 bits per heavy atom. The Labute approximate surface area is 408 Å². The summed E-state index contributed by atoms with van der Waals surface area (Å²) in [5, 5.41) is 21.2. The number of sulfonamides is 1. The number of nitriles is 1. The number of benzene rings is 3. The van der Waals surface area contributed by atoms with E-state index in [0.29, 0.717) is 23.9 Å². The second kappa shape index (κ2) is 34.6. The van der Waals surface area contributed by atoms with Crippen LogP contribution in [0, 0.1) is 11.3 Å². The third kappa shape index (κ3) is 23.0. The Morgan fingerprint density at radius 2 is 0.896 bits per heavy atom. The molecule has 3 rings (SSSR count). The molecule has 0 aromatic heterocycles. The Balaban J connectivity index is 1.60. The van der Waals surface area contributed by atoms with Crippen LogP contribution < -0.4 is 4.72 Å². The fourth-order valence-corrected chi connectivity index (χ4v) is 11.3. The first-order chi connectivity index (χ1) is 32.6. The van der Waals surface area contributed by atoms with Crippen LogP contribution in [0.1, 0.15) is 236 Å². The molecule has 0 saturated heterocycles. The summed E-state index contributed by atoms with van der Waals surface area (Å²) < 4.78 is 55.4. The van der Waals surface area contributed by atoms with Crippen molar-refractivity contribution in [2.24, 2.45) is 0 Å². The number of unbranched alkanes of at least 4 members (excludes halogenated alkanes) is 30. The minimum atomic E-state index is -4.24. The van der Waals surface area contributed by atoms with Crippen molar-refractivity contribution in [3.8, 4) is 11.8 Å². The summed E-state index contributed by atoms with van der Waals surface area (Å²) in [4.78, 5) is 16.1. The lowest BCUT2D eigenvalue weighted by atomic mass is 10.0. The summed E-state index contributed by atoms with van der Waals surface area (Å²) in [5.74, 6) is -0.864. The maximum absolute atomic E-state index is 14.5. The van der Waals surface area contributed by atoms with Gasteiger partial charge in [-0.1, -0.05) is 231 Å². The van der Waals surface area contributed by atoms with Crippen molar-refractivity contribution in [1.29, 1.82) is 5.26 Å². The molecular formula is C56H89N3O6S2. The molecule has 0 fully saturated rings. The number of phenols is 1. The molecule has 0 radical (unpaired) electrons. The second-order valence-corrected chi connectivity index (χ2v) is 22.9. The average Bonchev–Trinajstić information content (AvgIpc) is 3.33. The Kier molecular flexibility index (Phi) is 29.8. The molecule has 0 bridgehead atoms. The zero-order valence-electron chi connectivity index (χ0n) is 41.9. The van der Waals surface area contributed by atoms with E-state index >= 15 is 0 Å². The molecule has 2 N–H and O–H groups in total. The first-order valence-corrected chi connectivity index (χ1v) is 30.0. The van der Waals surface area contributed by atoms with Gasteiger partial charge in [0.25, 0.3) is 15.9 Å². The van der Waals surface area contributed by atoms with Gasteiger partial charge in [-0.05, 0) is 43.2 Å². The number of carbonyl (C=O) groups is 1. The van der Waals surface area contributed by atoms with Gasteiger partial charge >= 0.3 is 0 Å². The highest BCUT2D eigenvalue weighted by Crippen LogP contribution is 2.37. The highest BCUT2D eigenvalue weighted by Gasteiger charge is 2.25. The van der Waals surface area contributed by atoms with Crippen LogP contribution in [-0.4, -0.2) is 51.6 Å². The summed E-state index contributed by atoms with van der Waals surface area (Å²) in [6.07, 6.45) is 40.4. The van der Waals surface area contributed by atoms with Crippen LogP contribution in [0.15, 0.2) is 64.4 Å². The minimum Gasteiger partial charge on any atom is -0.506 e. The molecule has 0 atom stereocenters. The summed E-state index contributed by atoms with van der Waals surface area (Å²) in [6.45, 7) is 5.66. The van der Waals surface area contributed by atoms with Crippen molar-refractivity contribution >= 4 is 42.2 Å². The van der Waals surface area contributed by atoms with Gasteiger partial charge in [-0.25, -0.2) is 16.8 Å². The van der Waals surface area contributed by atoms with Gasteiger partial charge in [-0.15, -0.1) is 0 Å². The van der Waals surface area contributed by atoms with Crippen molar-refractivity contribution in [1.82, 2.24) is 4.90 Å². The Hall–Kier alpha value is -3.62. The molecule has 0 saturated carbocycles. The van der Waals surface area contributed by atoms with Crippen molar-refractivity contribution in [3.05, 3.63) is 60.2 Å². The van der Waals surface area contributed by atoms with E-state index in [9.17, 15) is 26.7 Å². The van der Waals surface area contributed by atoms with Crippen molar-refractivity contribution in [3.63, 3.8) is 0 Å². The second-order valence-electron chi connectivity index (χ2n) is 19.1.